The Bertz CT molecular complexity index is 1410. The number of fused-ring (bicyclic) bond motifs is 6. The quantitative estimate of drug-likeness (QED) is 0.0497. The summed E-state index contributed by atoms with van der Waals surface area (Å²) >= 11 is 0. The minimum Gasteiger partial charge on any atom is -0.379 e. The van der Waals surface area contributed by atoms with E-state index >= 15 is 0 Å². The van der Waals surface area contributed by atoms with Crippen molar-refractivity contribution in [1.29, 1.82) is 0 Å². The Balaban J connectivity index is 0.837. The van der Waals surface area contributed by atoms with Crippen molar-refractivity contribution in [2.24, 2.45) is 58.2 Å². The molecule has 0 bridgehead atoms. The summed E-state index contributed by atoms with van der Waals surface area (Å²) in [7, 11) is 0. The van der Waals surface area contributed by atoms with Gasteiger partial charge in [-0.25, -0.2) is 0 Å². The molecule has 0 aromatic heterocycles. The molecule has 0 radical (unpaired) electrons. The first-order valence-corrected chi connectivity index (χ1v) is 29.3. The van der Waals surface area contributed by atoms with Gasteiger partial charge >= 0.3 is 0 Å². The van der Waals surface area contributed by atoms with Crippen molar-refractivity contribution in [3.63, 3.8) is 0 Å². The predicted octanol–water partition coefficient (Wildman–Crippen LogP) is 16.2. The molecule has 0 N–H and O–H groups in total. The fraction of sp³-hybridized carbons (Fsp3) is 0.902. The maximum atomic E-state index is 6.56. The van der Waals surface area contributed by atoms with Crippen LogP contribution in [0.15, 0.2) is 36.0 Å². The minimum atomic E-state index is 0.116. The van der Waals surface area contributed by atoms with E-state index in [9.17, 15) is 0 Å². The number of ether oxygens (including phenoxy) is 4. The second kappa shape index (κ2) is 29.4. The SMILES string of the molecule is CCCCCC=CCC=CCCCCCCCCOCC(CN1CC[C@@H]2CCCC[C@@H]2C1)OCCOCCO[C@H]1CC[C@@]2(C)C(=CCC3C2CC[C@@]2(C)C3CC[C@@H]2[C@H](C)CCCC(C)C)C1. The van der Waals surface area contributed by atoms with Gasteiger partial charge in [0.05, 0.1) is 45.2 Å². The first-order chi connectivity index (χ1) is 32.2. The number of nitrogens with zero attached hydrogens (tertiary/aromatic N) is 1. The fourth-order valence-corrected chi connectivity index (χ4v) is 15.1. The summed E-state index contributed by atoms with van der Waals surface area (Å²) in [6.07, 6.45) is 50.1. The molecule has 5 heteroatoms. The highest BCUT2D eigenvalue weighted by Crippen LogP contribution is 2.67. The molecular formula is C61H107NO4. The molecule has 6 rings (SSSR count). The Morgan fingerprint density at radius 3 is 2.26 bits per heavy atom. The van der Waals surface area contributed by atoms with E-state index in [1.807, 2.05) is 0 Å². The second-order valence-corrected chi connectivity index (χ2v) is 24.1. The van der Waals surface area contributed by atoms with Gasteiger partial charge in [0.15, 0.2) is 0 Å². The topological polar surface area (TPSA) is 40.2 Å². The third kappa shape index (κ3) is 16.6. The van der Waals surface area contributed by atoms with Crippen LogP contribution >= 0.6 is 0 Å². The summed E-state index contributed by atoms with van der Waals surface area (Å²) in [4.78, 5) is 2.69. The van der Waals surface area contributed by atoms with Crippen LogP contribution in [0.4, 0.5) is 0 Å². The lowest BCUT2D eigenvalue weighted by atomic mass is 9.47. The first kappa shape index (κ1) is 54.4. The standard InChI is InChI=1S/C61H107NO4/c1-7-8-9-10-11-12-13-14-15-16-17-18-19-20-21-24-40-64-48-55(47-62-39-36-51-28-22-23-29-52(51)46-62)66-44-42-63-41-43-65-54-34-37-60(5)53(45-54)30-31-56-58-33-32-57(50(4)27-25-26-49(2)3)61(58,6)38-35-59(56)60/h11-12,14-15,30,49-52,54-59H,7-10,13,16-29,31-48H2,1-6H3/t50-,51+,52-,54+,55?,56?,57-,58?,59?,60+,61-/m1/s1. The summed E-state index contributed by atoms with van der Waals surface area (Å²) in [6, 6.07) is 0. The highest BCUT2D eigenvalue weighted by Gasteiger charge is 2.59. The maximum absolute atomic E-state index is 6.56. The van der Waals surface area contributed by atoms with E-state index in [0.29, 0.717) is 50.0 Å². The molecule has 5 fully saturated rings. The molecule has 0 aromatic carbocycles. The Labute approximate surface area is 409 Å². The molecule has 0 aromatic rings. The van der Waals surface area contributed by atoms with Crippen molar-refractivity contribution in [3.05, 3.63) is 36.0 Å². The van der Waals surface area contributed by atoms with Crippen LogP contribution in [0.5, 0.6) is 0 Å². The van der Waals surface area contributed by atoms with Gasteiger partial charge in [-0.05, 0) is 167 Å². The van der Waals surface area contributed by atoms with Crippen LogP contribution < -0.4 is 0 Å². The van der Waals surface area contributed by atoms with E-state index in [4.69, 9.17) is 18.9 Å². The minimum absolute atomic E-state index is 0.116. The third-order valence-corrected chi connectivity index (χ3v) is 19.1. The van der Waals surface area contributed by atoms with E-state index in [2.05, 4.69) is 76.8 Å². The van der Waals surface area contributed by atoms with Crippen LogP contribution in [0.1, 0.15) is 221 Å². The molecule has 380 valence electrons. The van der Waals surface area contributed by atoms with Gasteiger partial charge in [0.1, 0.15) is 0 Å². The molecule has 0 spiro atoms. The van der Waals surface area contributed by atoms with Gasteiger partial charge in [0, 0.05) is 19.7 Å². The van der Waals surface area contributed by atoms with Crippen molar-refractivity contribution < 1.29 is 18.9 Å². The van der Waals surface area contributed by atoms with E-state index in [1.165, 1.54) is 174 Å². The molecule has 1 saturated heterocycles. The van der Waals surface area contributed by atoms with E-state index < -0.39 is 0 Å². The lowest BCUT2D eigenvalue weighted by Crippen LogP contribution is -2.51. The summed E-state index contributed by atoms with van der Waals surface area (Å²) in [5.74, 6) is 7.22. The average Bonchev–Trinajstić information content (AvgIpc) is 3.68. The largest absolute Gasteiger partial charge is 0.379 e. The molecule has 1 aliphatic heterocycles. The number of hydrogen-bond acceptors (Lipinski definition) is 5. The zero-order valence-electron chi connectivity index (χ0n) is 44.4. The molecule has 5 nitrogen and oxygen atoms in total. The maximum Gasteiger partial charge on any atom is 0.0936 e. The number of allylic oxidation sites excluding steroid dienone is 5. The average molecular weight is 919 g/mol. The highest BCUT2D eigenvalue weighted by molar-refractivity contribution is 5.25. The Hall–Kier alpha value is -0.980. The van der Waals surface area contributed by atoms with Crippen molar-refractivity contribution in [2.45, 2.75) is 234 Å². The van der Waals surface area contributed by atoms with Crippen molar-refractivity contribution in [3.8, 4) is 0 Å². The second-order valence-electron chi connectivity index (χ2n) is 24.1. The van der Waals surface area contributed by atoms with Gasteiger partial charge in [-0.2, -0.15) is 0 Å². The smallest absolute Gasteiger partial charge is 0.0936 e. The van der Waals surface area contributed by atoms with Gasteiger partial charge < -0.3 is 23.8 Å². The van der Waals surface area contributed by atoms with Crippen LogP contribution in [0.25, 0.3) is 0 Å². The molecule has 66 heavy (non-hydrogen) atoms. The van der Waals surface area contributed by atoms with Crippen LogP contribution in [-0.2, 0) is 18.9 Å². The van der Waals surface area contributed by atoms with Crippen LogP contribution in [0.3, 0.4) is 0 Å². The molecule has 1 heterocycles. The van der Waals surface area contributed by atoms with E-state index in [0.717, 1.165) is 79.8 Å². The molecule has 4 unspecified atom stereocenters. The Morgan fingerprint density at radius 1 is 0.697 bits per heavy atom. The van der Waals surface area contributed by atoms with Gasteiger partial charge in [-0.3, -0.25) is 0 Å². The molecular weight excluding hydrogens is 811 g/mol. The molecule has 11 atom stereocenters. The van der Waals surface area contributed by atoms with Gasteiger partial charge in [0.2, 0.25) is 0 Å². The van der Waals surface area contributed by atoms with Gasteiger partial charge in [-0.1, -0.05) is 155 Å². The number of hydrogen-bond donors (Lipinski definition) is 0. The van der Waals surface area contributed by atoms with E-state index in [-0.39, 0.29) is 6.10 Å². The van der Waals surface area contributed by atoms with Gasteiger partial charge in [0.25, 0.3) is 0 Å². The fourth-order valence-electron chi connectivity index (χ4n) is 15.1. The molecule has 5 aliphatic carbocycles. The van der Waals surface area contributed by atoms with Crippen LogP contribution in [-0.4, -0.2) is 76.4 Å². The number of piperidine rings is 1. The molecule has 6 aliphatic rings. The Morgan fingerprint density at radius 2 is 1.45 bits per heavy atom. The predicted molar refractivity (Wildman–Crippen MR) is 280 cm³/mol. The molecule has 4 saturated carbocycles. The number of likely N-dealkylation sites (tertiary alicyclic amines) is 1. The van der Waals surface area contributed by atoms with Crippen molar-refractivity contribution >= 4 is 0 Å². The summed E-state index contributed by atoms with van der Waals surface area (Å²) in [6.45, 7) is 22.7. The normalized spacial score (nSPS) is 32.3. The summed E-state index contributed by atoms with van der Waals surface area (Å²) < 4.78 is 25.6. The van der Waals surface area contributed by atoms with Crippen molar-refractivity contribution in [1.82, 2.24) is 4.90 Å². The summed E-state index contributed by atoms with van der Waals surface area (Å²) in [5.41, 5.74) is 2.68. The molecule has 0 amide bonds. The van der Waals surface area contributed by atoms with Gasteiger partial charge in [-0.15, -0.1) is 0 Å². The lowest BCUT2D eigenvalue weighted by molar-refractivity contribution is -0.0751. The highest BCUT2D eigenvalue weighted by atomic mass is 16.6. The third-order valence-electron chi connectivity index (χ3n) is 19.1. The van der Waals surface area contributed by atoms with E-state index in [1.54, 1.807) is 5.57 Å². The van der Waals surface area contributed by atoms with Crippen LogP contribution in [0.2, 0.25) is 0 Å². The van der Waals surface area contributed by atoms with Crippen molar-refractivity contribution in [2.75, 3.05) is 59.3 Å². The zero-order chi connectivity index (χ0) is 46.5. The Kier molecular flexibility index (Phi) is 24.2. The zero-order valence-corrected chi connectivity index (χ0v) is 44.4. The monoisotopic (exact) mass is 918 g/mol. The number of rotatable bonds is 32. The number of unbranched alkanes of at least 4 members (excludes halogenated alkanes) is 9. The lowest BCUT2D eigenvalue weighted by Gasteiger charge is -2.58. The summed E-state index contributed by atoms with van der Waals surface area (Å²) in [5, 5.41) is 0. The van der Waals surface area contributed by atoms with Crippen LogP contribution in [0, 0.1) is 58.2 Å². The first-order valence-electron chi connectivity index (χ1n) is 29.3.